The Morgan fingerprint density at radius 1 is 1.40 bits per heavy atom. The zero-order valence-electron chi connectivity index (χ0n) is 11.4. The monoisotopic (exact) mass is 274 g/mol. The van der Waals surface area contributed by atoms with E-state index in [4.69, 9.17) is 5.11 Å². The summed E-state index contributed by atoms with van der Waals surface area (Å²) in [5.74, 6) is 0. The first-order valence-corrected chi connectivity index (χ1v) is 6.40. The van der Waals surface area contributed by atoms with Gasteiger partial charge in [0.15, 0.2) is 0 Å². The number of nitrogens with one attached hydrogen (secondary N) is 1. The quantitative estimate of drug-likeness (QED) is 0.854. The molecule has 2 amide bonds. The summed E-state index contributed by atoms with van der Waals surface area (Å²) in [5, 5.41) is 15.8. The number of rotatable bonds is 5. The van der Waals surface area contributed by atoms with Gasteiger partial charge in [0.05, 0.1) is 12.3 Å². The number of carbonyl (C=O) groups excluding carboxylic acids is 1. The van der Waals surface area contributed by atoms with E-state index in [1.165, 1.54) is 4.90 Å². The van der Waals surface area contributed by atoms with Crippen molar-refractivity contribution in [1.29, 1.82) is 0 Å². The molecule has 0 atom stereocenters. The number of hydrogen-bond acceptors (Lipinski definition) is 3. The van der Waals surface area contributed by atoms with Gasteiger partial charge in [0.2, 0.25) is 0 Å². The van der Waals surface area contributed by atoms with Gasteiger partial charge in [-0.3, -0.25) is 0 Å². The number of aliphatic hydroxyl groups excluding tert-OH is 1. The lowest BCUT2D eigenvalue weighted by Crippen LogP contribution is -2.38. The second kappa shape index (κ2) is 6.72. The molecule has 106 valence electrons. The highest BCUT2D eigenvalue weighted by Gasteiger charge is 2.09. The third kappa shape index (κ3) is 3.36. The van der Waals surface area contributed by atoms with Crippen LogP contribution >= 0.6 is 0 Å². The van der Waals surface area contributed by atoms with Crippen molar-refractivity contribution in [3.05, 3.63) is 48.3 Å². The van der Waals surface area contributed by atoms with Crippen molar-refractivity contribution in [2.45, 2.75) is 6.54 Å². The van der Waals surface area contributed by atoms with Gasteiger partial charge in [0.25, 0.3) is 0 Å². The van der Waals surface area contributed by atoms with E-state index in [2.05, 4.69) is 10.4 Å². The van der Waals surface area contributed by atoms with Crippen molar-refractivity contribution in [3.8, 4) is 5.69 Å². The minimum Gasteiger partial charge on any atom is -0.395 e. The Bertz CT molecular complexity index is 554. The van der Waals surface area contributed by atoms with Gasteiger partial charge in [-0.15, -0.1) is 0 Å². The van der Waals surface area contributed by atoms with Crippen molar-refractivity contribution in [2.24, 2.45) is 0 Å². The second-order valence-electron chi connectivity index (χ2n) is 4.38. The lowest BCUT2D eigenvalue weighted by molar-refractivity contribution is 0.190. The molecule has 2 rings (SSSR count). The zero-order chi connectivity index (χ0) is 14.4. The molecule has 6 heteroatoms. The number of aliphatic hydroxyl groups is 1. The summed E-state index contributed by atoms with van der Waals surface area (Å²) in [5.41, 5.74) is 1.91. The van der Waals surface area contributed by atoms with Gasteiger partial charge >= 0.3 is 6.03 Å². The summed E-state index contributed by atoms with van der Waals surface area (Å²) < 4.78 is 1.76. The molecule has 0 spiro atoms. The molecule has 0 unspecified atom stereocenters. The predicted molar refractivity (Wildman–Crippen MR) is 75.5 cm³/mol. The van der Waals surface area contributed by atoms with E-state index in [-0.39, 0.29) is 12.6 Å². The maximum atomic E-state index is 11.8. The van der Waals surface area contributed by atoms with Crippen molar-refractivity contribution >= 4 is 6.03 Å². The van der Waals surface area contributed by atoms with Gasteiger partial charge < -0.3 is 15.3 Å². The molecule has 0 bridgehead atoms. The van der Waals surface area contributed by atoms with E-state index in [1.807, 2.05) is 36.5 Å². The maximum Gasteiger partial charge on any atom is 0.317 e. The largest absolute Gasteiger partial charge is 0.395 e. The molecule has 2 N–H and O–H groups in total. The van der Waals surface area contributed by atoms with Crippen LogP contribution in [0.4, 0.5) is 4.79 Å². The fourth-order valence-corrected chi connectivity index (χ4v) is 1.85. The molecular formula is C14H18N4O2. The van der Waals surface area contributed by atoms with E-state index in [9.17, 15) is 4.79 Å². The summed E-state index contributed by atoms with van der Waals surface area (Å²) in [4.78, 5) is 13.2. The molecule has 0 aliphatic heterocycles. The summed E-state index contributed by atoms with van der Waals surface area (Å²) in [6.45, 7) is 0.672. The van der Waals surface area contributed by atoms with Gasteiger partial charge in [0, 0.05) is 32.5 Å². The predicted octanol–water partition coefficient (Wildman–Crippen LogP) is 1.01. The van der Waals surface area contributed by atoms with E-state index < -0.39 is 0 Å². The molecule has 1 aromatic carbocycles. The average molecular weight is 274 g/mol. The molecule has 1 aromatic heterocycles. The fourth-order valence-electron chi connectivity index (χ4n) is 1.85. The Labute approximate surface area is 117 Å². The molecule has 0 fully saturated rings. The molecule has 0 aliphatic carbocycles. The van der Waals surface area contributed by atoms with Crippen molar-refractivity contribution in [2.75, 3.05) is 20.2 Å². The van der Waals surface area contributed by atoms with Crippen LogP contribution in [0.15, 0.2) is 42.7 Å². The Balaban J connectivity index is 2.05. The first-order valence-electron chi connectivity index (χ1n) is 6.40. The lowest BCUT2D eigenvalue weighted by atomic mass is 10.2. The number of carbonyl (C=O) groups is 1. The van der Waals surface area contributed by atoms with Crippen molar-refractivity contribution in [3.63, 3.8) is 0 Å². The number of urea groups is 1. The van der Waals surface area contributed by atoms with E-state index in [1.54, 1.807) is 17.9 Å². The van der Waals surface area contributed by atoms with Crippen LogP contribution in [-0.2, 0) is 6.54 Å². The molecule has 0 saturated heterocycles. The summed E-state index contributed by atoms with van der Waals surface area (Å²) in [6, 6.07) is 9.39. The molecule has 0 saturated carbocycles. The first kappa shape index (κ1) is 14.1. The summed E-state index contributed by atoms with van der Waals surface area (Å²) in [7, 11) is 1.64. The van der Waals surface area contributed by atoms with Crippen LogP contribution in [0.1, 0.15) is 5.56 Å². The topological polar surface area (TPSA) is 70.4 Å². The second-order valence-corrected chi connectivity index (χ2v) is 4.38. The van der Waals surface area contributed by atoms with Gasteiger partial charge in [-0.25, -0.2) is 9.48 Å². The normalized spacial score (nSPS) is 10.3. The van der Waals surface area contributed by atoms with Crippen LogP contribution in [-0.4, -0.2) is 46.0 Å². The van der Waals surface area contributed by atoms with Gasteiger partial charge in [0.1, 0.15) is 0 Å². The molecule has 1 heterocycles. The molecule has 2 aromatic rings. The highest BCUT2D eigenvalue weighted by molar-refractivity contribution is 5.73. The number of nitrogens with zero attached hydrogens (tertiary/aromatic N) is 3. The maximum absolute atomic E-state index is 11.8. The number of para-hydroxylation sites is 1. The van der Waals surface area contributed by atoms with Crippen LogP contribution in [0.3, 0.4) is 0 Å². The third-order valence-corrected chi connectivity index (χ3v) is 2.96. The number of likely N-dealkylation sites (N-methyl/N-ethyl adjacent to an activating group) is 1. The Morgan fingerprint density at radius 2 is 2.20 bits per heavy atom. The summed E-state index contributed by atoms with van der Waals surface area (Å²) in [6.07, 6.45) is 3.57. The van der Waals surface area contributed by atoms with Crippen LogP contribution in [0.25, 0.3) is 5.69 Å². The Hall–Kier alpha value is -2.34. The van der Waals surface area contributed by atoms with Crippen LogP contribution < -0.4 is 5.32 Å². The minimum atomic E-state index is -0.214. The average Bonchev–Trinajstić information content (AvgIpc) is 2.99. The minimum absolute atomic E-state index is 0.0478. The number of hydrogen-bond donors (Lipinski definition) is 2. The number of amides is 2. The number of benzene rings is 1. The molecule has 20 heavy (non-hydrogen) atoms. The van der Waals surface area contributed by atoms with Crippen LogP contribution in [0.5, 0.6) is 0 Å². The van der Waals surface area contributed by atoms with Crippen LogP contribution in [0.2, 0.25) is 0 Å². The van der Waals surface area contributed by atoms with Crippen molar-refractivity contribution < 1.29 is 9.90 Å². The van der Waals surface area contributed by atoms with E-state index in [0.29, 0.717) is 13.1 Å². The lowest BCUT2D eigenvalue weighted by Gasteiger charge is -2.17. The fraction of sp³-hybridized carbons (Fsp3) is 0.286. The summed E-state index contributed by atoms with van der Waals surface area (Å²) >= 11 is 0. The highest BCUT2D eigenvalue weighted by Crippen LogP contribution is 2.13. The molecule has 0 radical (unpaired) electrons. The smallest absolute Gasteiger partial charge is 0.317 e. The van der Waals surface area contributed by atoms with E-state index >= 15 is 0 Å². The van der Waals surface area contributed by atoms with Crippen molar-refractivity contribution in [1.82, 2.24) is 20.0 Å². The standard InChI is InChI=1S/C14H18N4O2/c1-17(9-10-19)14(20)15-11-12-5-2-3-6-13(12)18-8-4-7-16-18/h2-8,19H,9-11H2,1H3,(H,15,20). The molecule has 0 aliphatic rings. The van der Waals surface area contributed by atoms with Gasteiger partial charge in [-0.05, 0) is 17.7 Å². The number of aromatic nitrogens is 2. The Morgan fingerprint density at radius 3 is 2.90 bits per heavy atom. The molecule has 6 nitrogen and oxygen atoms in total. The van der Waals surface area contributed by atoms with Crippen LogP contribution in [0, 0.1) is 0 Å². The zero-order valence-corrected chi connectivity index (χ0v) is 11.4. The highest BCUT2D eigenvalue weighted by atomic mass is 16.3. The third-order valence-electron chi connectivity index (χ3n) is 2.96. The SMILES string of the molecule is CN(CCO)C(=O)NCc1ccccc1-n1cccn1. The molecular weight excluding hydrogens is 256 g/mol. The van der Waals surface area contributed by atoms with E-state index in [0.717, 1.165) is 11.3 Å². The van der Waals surface area contributed by atoms with Gasteiger partial charge in [-0.1, -0.05) is 18.2 Å². The Kier molecular flexibility index (Phi) is 4.73. The van der Waals surface area contributed by atoms with Gasteiger partial charge in [-0.2, -0.15) is 5.10 Å². The first-order chi connectivity index (χ1) is 9.72.